The third-order valence-electron chi connectivity index (χ3n) is 3.52. The molecule has 1 saturated carbocycles. The third kappa shape index (κ3) is 3.60. The predicted molar refractivity (Wildman–Crippen MR) is 73.4 cm³/mol. The van der Waals surface area contributed by atoms with Crippen LogP contribution in [0.4, 0.5) is 14.9 Å². The van der Waals surface area contributed by atoms with Crippen molar-refractivity contribution in [1.29, 1.82) is 0 Å². The van der Waals surface area contributed by atoms with E-state index in [0.29, 0.717) is 18.5 Å². The van der Waals surface area contributed by atoms with Gasteiger partial charge in [0.1, 0.15) is 11.6 Å². The van der Waals surface area contributed by atoms with Gasteiger partial charge in [-0.05, 0) is 25.0 Å². The molecule has 6 heteroatoms. The summed E-state index contributed by atoms with van der Waals surface area (Å²) in [5.74, 6) is -0.187. The lowest BCUT2D eigenvalue weighted by Gasteiger charge is -2.22. The Morgan fingerprint density at radius 2 is 2.15 bits per heavy atom. The van der Waals surface area contributed by atoms with Crippen LogP contribution in [0.15, 0.2) is 18.2 Å². The van der Waals surface area contributed by atoms with E-state index >= 15 is 0 Å². The summed E-state index contributed by atoms with van der Waals surface area (Å²) in [6.45, 7) is 0.211. The van der Waals surface area contributed by atoms with Gasteiger partial charge >= 0.3 is 6.03 Å². The Labute approximate surface area is 117 Å². The van der Waals surface area contributed by atoms with Gasteiger partial charge in [-0.15, -0.1) is 0 Å². The molecular weight excluding hydrogens is 263 g/mol. The summed E-state index contributed by atoms with van der Waals surface area (Å²) in [5, 5.41) is 15.3. The number of halogens is 1. The van der Waals surface area contributed by atoms with Gasteiger partial charge in [0, 0.05) is 12.6 Å². The smallest absolute Gasteiger partial charge is 0.319 e. The Bertz CT molecular complexity index is 487. The van der Waals surface area contributed by atoms with Crippen molar-refractivity contribution in [2.24, 2.45) is 0 Å². The second-order valence-electron chi connectivity index (χ2n) is 5.08. The van der Waals surface area contributed by atoms with E-state index in [1.165, 1.54) is 25.3 Å². The molecular formula is C14H19FN2O3. The molecule has 0 heterocycles. The standard InChI is InChI=1S/C14H19FN2O3/c1-20-12-8-10(15)4-5-11(12)17-13(18)16-9-14(19)6-2-3-7-14/h4-5,8,19H,2-3,6-7,9H2,1H3,(H2,16,17,18). The van der Waals surface area contributed by atoms with Gasteiger partial charge in [-0.2, -0.15) is 0 Å². The molecule has 1 fully saturated rings. The molecule has 20 heavy (non-hydrogen) atoms. The van der Waals surface area contributed by atoms with Gasteiger partial charge in [0.15, 0.2) is 0 Å². The molecule has 1 aliphatic rings. The number of carbonyl (C=O) groups is 1. The number of ether oxygens (including phenoxy) is 1. The average molecular weight is 282 g/mol. The Balaban J connectivity index is 1.91. The maximum absolute atomic E-state index is 13.0. The molecule has 0 saturated heterocycles. The number of hydrogen-bond acceptors (Lipinski definition) is 3. The van der Waals surface area contributed by atoms with Crippen molar-refractivity contribution in [1.82, 2.24) is 5.32 Å². The van der Waals surface area contributed by atoms with Gasteiger partial charge < -0.3 is 20.5 Å². The van der Waals surface area contributed by atoms with E-state index in [4.69, 9.17) is 4.74 Å². The van der Waals surface area contributed by atoms with Crippen LogP contribution in [-0.2, 0) is 0 Å². The molecule has 1 aromatic carbocycles. The zero-order chi connectivity index (χ0) is 14.6. The van der Waals surface area contributed by atoms with Crippen molar-refractivity contribution in [3.8, 4) is 5.75 Å². The van der Waals surface area contributed by atoms with Gasteiger partial charge in [-0.3, -0.25) is 0 Å². The Hall–Kier alpha value is -1.82. The molecule has 2 rings (SSSR count). The van der Waals surface area contributed by atoms with E-state index < -0.39 is 17.4 Å². The van der Waals surface area contributed by atoms with E-state index in [1.54, 1.807) is 0 Å². The zero-order valence-corrected chi connectivity index (χ0v) is 11.4. The summed E-state index contributed by atoms with van der Waals surface area (Å²) < 4.78 is 18.0. The summed E-state index contributed by atoms with van der Waals surface area (Å²) in [5.41, 5.74) is -0.422. The highest BCUT2D eigenvalue weighted by Crippen LogP contribution is 2.29. The lowest BCUT2D eigenvalue weighted by atomic mass is 10.0. The van der Waals surface area contributed by atoms with E-state index in [-0.39, 0.29) is 12.3 Å². The lowest BCUT2D eigenvalue weighted by Crippen LogP contribution is -2.42. The first-order valence-electron chi connectivity index (χ1n) is 6.63. The molecule has 110 valence electrons. The maximum Gasteiger partial charge on any atom is 0.319 e. The molecule has 2 amide bonds. The molecule has 1 aromatic rings. The first-order chi connectivity index (χ1) is 9.52. The summed E-state index contributed by atoms with van der Waals surface area (Å²) in [6, 6.07) is 3.41. The molecule has 0 spiro atoms. The summed E-state index contributed by atoms with van der Waals surface area (Å²) in [4.78, 5) is 11.8. The fourth-order valence-corrected chi connectivity index (χ4v) is 2.39. The van der Waals surface area contributed by atoms with Crippen molar-refractivity contribution < 1.29 is 19.0 Å². The number of nitrogens with one attached hydrogen (secondary N) is 2. The van der Waals surface area contributed by atoms with Crippen molar-refractivity contribution in [3.63, 3.8) is 0 Å². The quantitative estimate of drug-likeness (QED) is 0.793. The van der Waals surface area contributed by atoms with Crippen LogP contribution >= 0.6 is 0 Å². The molecule has 0 bridgehead atoms. The third-order valence-corrected chi connectivity index (χ3v) is 3.52. The summed E-state index contributed by atoms with van der Waals surface area (Å²) >= 11 is 0. The van der Waals surface area contributed by atoms with Crippen LogP contribution in [0.1, 0.15) is 25.7 Å². The Morgan fingerprint density at radius 1 is 1.45 bits per heavy atom. The van der Waals surface area contributed by atoms with Crippen molar-refractivity contribution in [2.75, 3.05) is 19.0 Å². The van der Waals surface area contributed by atoms with E-state index in [9.17, 15) is 14.3 Å². The SMILES string of the molecule is COc1cc(F)ccc1NC(=O)NCC1(O)CCCC1. The first kappa shape index (κ1) is 14.6. The number of carbonyl (C=O) groups excluding carboxylic acids is 1. The van der Waals surface area contributed by atoms with Gasteiger partial charge in [-0.1, -0.05) is 12.8 Å². The fourth-order valence-electron chi connectivity index (χ4n) is 2.39. The highest BCUT2D eigenvalue weighted by atomic mass is 19.1. The van der Waals surface area contributed by atoms with Crippen LogP contribution in [0.3, 0.4) is 0 Å². The number of amides is 2. The van der Waals surface area contributed by atoms with Crippen LogP contribution in [0.25, 0.3) is 0 Å². The number of aliphatic hydroxyl groups is 1. The first-order valence-corrected chi connectivity index (χ1v) is 6.63. The van der Waals surface area contributed by atoms with Crippen LogP contribution in [0, 0.1) is 5.82 Å². The molecule has 0 unspecified atom stereocenters. The monoisotopic (exact) mass is 282 g/mol. The van der Waals surface area contributed by atoms with Crippen LogP contribution < -0.4 is 15.4 Å². The molecule has 0 aliphatic heterocycles. The second-order valence-corrected chi connectivity index (χ2v) is 5.08. The number of urea groups is 1. The van der Waals surface area contributed by atoms with Crippen molar-refractivity contribution >= 4 is 11.7 Å². The van der Waals surface area contributed by atoms with Crippen LogP contribution in [0.2, 0.25) is 0 Å². The molecule has 0 atom stereocenters. The fraction of sp³-hybridized carbons (Fsp3) is 0.500. The average Bonchev–Trinajstić information content (AvgIpc) is 2.86. The van der Waals surface area contributed by atoms with Gasteiger partial charge in [0.05, 0.1) is 18.4 Å². The minimum atomic E-state index is -0.801. The lowest BCUT2D eigenvalue weighted by molar-refractivity contribution is 0.0506. The zero-order valence-electron chi connectivity index (χ0n) is 11.4. The van der Waals surface area contributed by atoms with E-state index in [1.807, 2.05) is 0 Å². The molecule has 0 radical (unpaired) electrons. The number of rotatable bonds is 4. The number of anilines is 1. The normalized spacial score (nSPS) is 16.8. The van der Waals surface area contributed by atoms with E-state index in [2.05, 4.69) is 10.6 Å². The Morgan fingerprint density at radius 3 is 2.80 bits per heavy atom. The van der Waals surface area contributed by atoms with Crippen molar-refractivity contribution in [2.45, 2.75) is 31.3 Å². The largest absolute Gasteiger partial charge is 0.494 e. The maximum atomic E-state index is 13.0. The molecule has 1 aliphatic carbocycles. The number of hydrogen-bond donors (Lipinski definition) is 3. The Kier molecular flexibility index (Phi) is 4.44. The minimum absolute atomic E-state index is 0.211. The molecule has 3 N–H and O–H groups in total. The van der Waals surface area contributed by atoms with Gasteiger partial charge in [-0.25, -0.2) is 9.18 Å². The molecule has 0 aromatic heterocycles. The highest BCUT2D eigenvalue weighted by Gasteiger charge is 2.31. The molecule has 5 nitrogen and oxygen atoms in total. The van der Waals surface area contributed by atoms with Crippen LogP contribution in [0.5, 0.6) is 5.75 Å². The minimum Gasteiger partial charge on any atom is -0.494 e. The number of methoxy groups -OCH3 is 1. The van der Waals surface area contributed by atoms with E-state index in [0.717, 1.165) is 12.8 Å². The topological polar surface area (TPSA) is 70.6 Å². The predicted octanol–water partition coefficient (Wildman–Crippen LogP) is 2.26. The summed E-state index contributed by atoms with van der Waals surface area (Å²) in [6.07, 6.45) is 3.36. The van der Waals surface area contributed by atoms with Crippen molar-refractivity contribution in [3.05, 3.63) is 24.0 Å². The highest BCUT2D eigenvalue weighted by molar-refractivity contribution is 5.90. The second kappa shape index (κ2) is 6.09. The van der Waals surface area contributed by atoms with Gasteiger partial charge in [0.25, 0.3) is 0 Å². The van der Waals surface area contributed by atoms with Crippen LogP contribution in [-0.4, -0.2) is 30.4 Å². The number of benzene rings is 1. The summed E-state index contributed by atoms with van der Waals surface area (Å²) in [7, 11) is 1.40. The van der Waals surface area contributed by atoms with Gasteiger partial charge in [0.2, 0.25) is 0 Å².